The Kier molecular flexibility index (Phi) is 11.7. The molecule has 14 heteroatoms. The molecule has 0 aliphatic rings. The molecule has 0 saturated carbocycles. The van der Waals surface area contributed by atoms with E-state index in [9.17, 15) is 28.8 Å². The minimum absolute atomic E-state index is 0.501. The SMILES string of the molecule is O=C(O)C(O)C(O)C(=O)O.O=C(O)CCC(=O)OC(CC(=O)O)C(=O)O. The summed E-state index contributed by atoms with van der Waals surface area (Å²) in [5.74, 6) is -8.85. The van der Waals surface area contributed by atoms with Crippen molar-refractivity contribution >= 4 is 35.8 Å². The number of carbonyl (C=O) groups excluding carboxylic acids is 1. The van der Waals surface area contributed by atoms with Gasteiger partial charge in [-0.3, -0.25) is 14.4 Å². The van der Waals surface area contributed by atoms with Crippen LogP contribution in [-0.4, -0.2) is 89.9 Å². The first-order chi connectivity index (χ1) is 11.8. The average Bonchev–Trinajstić information content (AvgIpc) is 2.50. The number of carboxylic acid groups (broad SMARTS) is 5. The molecule has 3 atom stereocenters. The van der Waals surface area contributed by atoms with Crippen LogP contribution in [0.1, 0.15) is 19.3 Å². The third-order valence-electron chi connectivity index (χ3n) is 2.26. The van der Waals surface area contributed by atoms with Gasteiger partial charge >= 0.3 is 35.8 Å². The number of hydrogen-bond acceptors (Lipinski definition) is 9. The predicted octanol–water partition coefficient (Wildman–Crippen LogP) is -2.80. The van der Waals surface area contributed by atoms with Crippen molar-refractivity contribution in [3.8, 4) is 0 Å². The molecule has 148 valence electrons. The van der Waals surface area contributed by atoms with Crippen molar-refractivity contribution in [3.63, 3.8) is 0 Å². The maximum Gasteiger partial charge on any atom is 0.345 e. The van der Waals surface area contributed by atoms with E-state index >= 15 is 0 Å². The molecule has 7 N–H and O–H groups in total. The van der Waals surface area contributed by atoms with E-state index in [4.69, 9.17) is 35.7 Å². The van der Waals surface area contributed by atoms with Crippen molar-refractivity contribution in [2.75, 3.05) is 0 Å². The molecule has 3 unspecified atom stereocenters. The number of esters is 1. The molecule has 0 spiro atoms. The number of hydrogen-bond donors (Lipinski definition) is 7. The van der Waals surface area contributed by atoms with Crippen molar-refractivity contribution in [1.82, 2.24) is 0 Å². The highest BCUT2D eigenvalue weighted by molar-refractivity contribution is 5.84. The minimum atomic E-state index is -2.27. The Bertz CT molecular complexity index is 534. The Hall–Kier alpha value is -3.26. The molecule has 0 aromatic carbocycles. The van der Waals surface area contributed by atoms with Crippen LogP contribution in [-0.2, 0) is 33.5 Å². The lowest BCUT2D eigenvalue weighted by molar-refractivity contribution is -0.167. The molecule has 0 aromatic rings. The van der Waals surface area contributed by atoms with Crippen LogP contribution in [0, 0.1) is 0 Å². The van der Waals surface area contributed by atoms with E-state index in [2.05, 4.69) is 4.74 Å². The van der Waals surface area contributed by atoms with Gasteiger partial charge in [0.2, 0.25) is 6.10 Å². The van der Waals surface area contributed by atoms with Crippen LogP contribution in [0.25, 0.3) is 0 Å². The standard InChI is InChI=1S/C8H10O8.C4H6O6/c9-5(10)1-2-7(13)16-4(8(14)15)3-6(11)12;5-1(3(7)8)2(6)4(9)10/h4H,1-3H2,(H,9,10)(H,11,12)(H,14,15);1-2,5-6H,(H,7,8)(H,9,10). The molecule has 0 aromatic heterocycles. The summed E-state index contributed by atoms with van der Waals surface area (Å²) in [5.41, 5.74) is 0. The summed E-state index contributed by atoms with van der Waals surface area (Å²) in [6.45, 7) is 0. The largest absolute Gasteiger partial charge is 0.481 e. The number of rotatable bonds is 10. The Labute approximate surface area is 143 Å². The number of aliphatic hydroxyl groups excluding tert-OH is 2. The molecule has 0 radical (unpaired) electrons. The van der Waals surface area contributed by atoms with E-state index in [1.165, 1.54) is 0 Å². The fourth-order valence-electron chi connectivity index (χ4n) is 1.03. The number of aliphatic carboxylic acids is 5. The van der Waals surface area contributed by atoms with Gasteiger partial charge in [0.05, 0.1) is 19.3 Å². The average molecular weight is 384 g/mol. The summed E-state index contributed by atoms with van der Waals surface area (Å²) in [4.78, 5) is 61.2. The van der Waals surface area contributed by atoms with Crippen LogP contribution in [0.5, 0.6) is 0 Å². The van der Waals surface area contributed by atoms with Gasteiger partial charge in [-0.25, -0.2) is 14.4 Å². The zero-order chi connectivity index (χ0) is 21.0. The Morgan fingerprint density at radius 2 is 1.08 bits per heavy atom. The van der Waals surface area contributed by atoms with Crippen molar-refractivity contribution < 1.29 is 69.2 Å². The van der Waals surface area contributed by atoms with Crippen LogP contribution < -0.4 is 0 Å². The third-order valence-corrected chi connectivity index (χ3v) is 2.26. The van der Waals surface area contributed by atoms with Gasteiger partial charge in [-0.1, -0.05) is 0 Å². The first kappa shape index (κ1) is 25.0. The molecule has 0 aliphatic carbocycles. The van der Waals surface area contributed by atoms with Crippen LogP contribution in [0.4, 0.5) is 0 Å². The van der Waals surface area contributed by atoms with Crippen LogP contribution >= 0.6 is 0 Å². The minimum Gasteiger partial charge on any atom is -0.481 e. The van der Waals surface area contributed by atoms with Gasteiger partial charge in [0, 0.05) is 0 Å². The Morgan fingerprint density at radius 3 is 1.35 bits per heavy atom. The highest BCUT2D eigenvalue weighted by atomic mass is 16.6. The predicted molar refractivity (Wildman–Crippen MR) is 73.9 cm³/mol. The zero-order valence-corrected chi connectivity index (χ0v) is 12.8. The molecule has 0 saturated heterocycles. The third kappa shape index (κ3) is 12.2. The summed E-state index contributed by atoms with van der Waals surface area (Å²) in [6.07, 6.45) is -8.20. The Balaban J connectivity index is 0. The van der Waals surface area contributed by atoms with E-state index in [0.717, 1.165) is 0 Å². The molecule has 26 heavy (non-hydrogen) atoms. The van der Waals surface area contributed by atoms with E-state index in [0.29, 0.717) is 0 Å². The smallest absolute Gasteiger partial charge is 0.345 e. The monoisotopic (exact) mass is 384 g/mol. The molecular formula is C12H16O14. The number of aliphatic hydroxyl groups is 2. The summed E-state index contributed by atoms with van der Waals surface area (Å²) >= 11 is 0. The van der Waals surface area contributed by atoms with Crippen molar-refractivity contribution in [2.45, 2.75) is 37.6 Å². The van der Waals surface area contributed by atoms with Crippen LogP contribution in [0.3, 0.4) is 0 Å². The summed E-state index contributed by atoms with van der Waals surface area (Å²) in [5, 5.41) is 57.6. The van der Waals surface area contributed by atoms with Crippen molar-refractivity contribution in [2.24, 2.45) is 0 Å². The van der Waals surface area contributed by atoms with E-state index < -0.39 is 73.4 Å². The van der Waals surface area contributed by atoms with E-state index in [1.807, 2.05) is 0 Å². The van der Waals surface area contributed by atoms with Crippen LogP contribution in [0.2, 0.25) is 0 Å². The highest BCUT2D eigenvalue weighted by Crippen LogP contribution is 2.03. The maximum absolute atomic E-state index is 10.9. The molecular weight excluding hydrogens is 368 g/mol. The molecule has 0 aliphatic heterocycles. The normalized spacial score (nSPS) is 13.2. The maximum atomic E-state index is 10.9. The summed E-state index contributed by atoms with van der Waals surface area (Å²) in [7, 11) is 0. The van der Waals surface area contributed by atoms with Crippen molar-refractivity contribution in [3.05, 3.63) is 0 Å². The summed E-state index contributed by atoms with van der Waals surface area (Å²) < 4.78 is 4.29. The topological polar surface area (TPSA) is 253 Å². The lowest BCUT2D eigenvalue weighted by atomic mass is 10.2. The Morgan fingerprint density at radius 1 is 0.654 bits per heavy atom. The molecule has 0 bridgehead atoms. The lowest BCUT2D eigenvalue weighted by Crippen LogP contribution is -2.39. The molecule has 0 heterocycles. The van der Waals surface area contributed by atoms with Gasteiger partial charge in [-0.05, 0) is 0 Å². The van der Waals surface area contributed by atoms with Gasteiger partial charge in [0.15, 0.2) is 12.2 Å². The second-order valence-electron chi connectivity index (χ2n) is 4.37. The van der Waals surface area contributed by atoms with Gasteiger partial charge < -0.3 is 40.5 Å². The van der Waals surface area contributed by atoms with Gasteiger partial charge in [0.25, 0.3) is 0 Å². The molecule has 0 fully saturated rings. The summed E-state index contributed by atoms with van der Waals surface area (Å²) in [6, 6.07) is 0. The number of carbonyl (C=O) groups is 6. The molecule has 0 amide bonds. The molecule has 14 nitrogen and oxygen atoms in total. The van der Waals surface area contributed by atoms with Gasteiger partial charge in [-0.2, -0.15) is 0 Å². The lowest BCUT2D eigenvalue weighted by Gasteiger charge is -2.10. The van der Waals surface area contributed by atoms with Gasteiger partial charge in [0.1, 0.15) is 0 Å². The second kappa shape index (κ2) is 12.2. The number of ether oxygens (including phenoxy) is 1. The number of carboxylic acids is 5. The zero-order valence-electron chi connectivity index (χ0n) is 12.8. The van der Waals surface area contributed by atoms with E-state index in [-0.39, 0.29) is 0 Å². The second-order valence-corrected chi connectivity index (χ2v) is 4.37. The molecule has 0 rings (SSSR count). The van der Waals surface area contributed by atoms with Crippen LogP contribution in [0.15, 0.2) is 0 Å². The van der Waals surface area contributed by atoms with E-state index in [1.54, 1.807) is 0 Å². The first-order valence-electron chi connectivity index (χ1n) is 6.47. The van der Waals surface area contributed by atoms with Crippen molar-refractivity contribution in [1.29, 1.82) is 0 Å². The highest BCUT2D eigenvalue weighted by Gasteiger charge is 2.29. The van der Waals surface area contributed by atoms with Gasteiger partial charge in [-0.15, -0.1) is 0 Å². The quantitative estimate of drug-likeness (QED) is 0.188. The fraction of sp³-hybridized carbons (Fsp3) is 0.500. The fourth-order valence-corrected chi connectivity index (χ4v) is 1.03. The first-order valence-corrected chi connectivity index (χ1v) is 6.47.